The van der Waals surface area contributed by atoms with Gasteiger partial charge in [-0.15, -0.1) is 0 Å². The van der Waals surface area contributed by atoms with Crippen molar-refractivity contribution in [1.82, 2.24) is 0 Å². The monoisotopic (exact) mass is 644 g/mol. The first-order chi connectivity index (χ1) is 9.71. The average Bonchev–Trinajstić information content (AvgIpc) is 2.31. The summed E-state index contributed by atoms with van der Waals surface area (Å²) in [5.41, 5.74) is 0. The van der Waals surface area contributed by atoms with Crippen LogP contribution in [-0.4, -0.2) is 21.3 Å². The number of carbonyl (C=O) groups is 1. The largest absolute Gasteiger partial charge is 0.420 e. The zero-order valence-corrected chi connectivity index (χ0v) is 17.7. The van der Waals surface area contributed by atoms with Gasteiger partial charge in [-0.1, -0.05) is 15.9 Å². The second-order valence-electron chi connectivity index (χ2n) is 3.73. The van der Waals surface area contributed by atoms with Crippen molar-refractivity contribution in [2.24, 2.45) is 0 Å². The SMILES string of the molecule is O=C(Oc1c(Br)cc(Br)cc1Br)C(F)(F)C(F)(Br)C(F)(F)Br. The minimum atomic E-state index is -5.19. The zero-order chi connectivity index (χ0) is 17.5. The van der Waals surface area contributed by atoms with Gasteiger partial charge in [0.1, 0.15) is 0 Å². The third-order valence-electron chi connectivity index (χ3n) is 2.16. The Bertz CT molecular complexity index is 579. The molecule has 1 aromatic rings. The standard InChI is InChI=1S/C10H2Br5F5O2/c11-3-1-4(12)6(5(13)2-3)22-7(21)8(16,17)9(14,18)10(15,19)20/h1-2H. The molecule has 0 N–H and O–H groups in total. The molecule has 0 amide bonds. The lowest BCUT2D eigenvalue weighted by Crippen LogP contribution is -2.55. The average molecular weight is 649 g/mol. The molecule has 0 radical (unpaired) electrons. The molecule has 0 aliphatic rings. The van der Waals surface area contributed by atoms with Gasteiger partial charge in [-0.3, -0.25) is 0 Å². The molecule has 0 heterocycles. The van der Waals surface area contributed by atoms with E-state index in [9.17, 15) is 26.7 Å². The molecule has 124 valence electrons. The van der Waals surface area contributed by atoms with Crippen LogP contribution in [0.5, 0.6) is 5.75 Å². The van der Waals surface area contributed by atoms with Crippen LogP contribution in [0.3, 0.4) is 0 Å². The van der Waals surface area contributed by atoms with Gasteiger partial charge in [0.25, 0.3) is 0 Å². The van der Waals surface area contributed by atoms with Gasteiger partial charge in [0.2, 0.25) is 0 Å². The van der Waals surface area contributed by atoms with E-state index in [4.69, 9.17) is 0 Å². The summed E-state index contributed by atoms with van der Waals surface area (Å²) in [7, 11) is 0. The molecule has 12 heteroatoms. The maximum atomic E-state index is 13.7. The van der Waals surface area contributed by atoms with Crippen molar-refractivity contribution in [3.63, 3.8) is 0 Å². The molecule has 0 aliphatic heterocycles. The number of rotatable bonds is 4. The van der Waals surface area contributed by atoms with E-state index in [1.807, 2.05) is 0 Å². The highest BCUT2D eigenvalue weighted by molar-refractivity contribution is 9.13. The quantitative estimate of drug-likeness (QED) is 0.160. The fraction of sp³-hybridized carbons (Fsp3) is 0.300. The predicted molar refractivity (Wildman–Crippen MR) is 86.8 cm³/mol. The van der Waals surface area contributed by atoms with Gasteiger partial charge in [-0.2, -0.15) is 17.6 Å². The van der Waals surface area contributed by atoms with Crippen molar-refractivity contribution in [3.05, 3.63) is 25.6 Å². The molecule has 0 spiro atoms. The fourth-order valence-electron chi connectivity index (χ4n) is 1.09. The predicted octanol–water partition coefficient (Wildman–Crippen LogP) is 6.56. The normalized spacial score (nSPS) is 15.4. The second kappa shape index (κ2) is 6.93. The molecule has 0 saturated heterocycles. The Morgan fingerprint density at radius 2 is 1.36 bits per heavy atom. The van der Waals surface area contributed by atoms with Crippen LogP contribution in [0.2, 0.25) is 0 Å². The van der Waals surface area contributed by atoms with Crippen LogP contribution >= 0.6 is 79.6 Å². The lowest BCUT2D eigenvalue weighted by molar-refractivity contribution is -0.192. The first kappa shape index (κ1) is 20.8. The Balaban J connectivity index is 3.18. The van der Waals surface area contributed by atoms with Crippen molar-refractivity contribution >= 4 is 85.6 Å². The summed E-state index contributed by atoms with van der Waals surface area (Å²) in [4.78, 5) is 6.74. The molecule has 1 unspecified atom stereocenters. The van der Waals surface area contributed by atoms with Crippen molar-refractivity contribution in [2.75, 3.05) is 0 Å². The summed E-state index contributed by atoms with van der Waals surface area (Å²) in [6.07, 6.45) is 0. The molecule has 0 saturated carbocycles. The lowest BCUT2D eigenvalue weighted by atomic mass is 10.2. The lowest BCUT2D eigenvalue weighted by Gasteiger charge is -2.29. The molecule has 0 aliphatic carbocycles. The first-order valence-electron chi connectivity index (χ1n) is 4.91. The molecular weight excluding hydrogens is 647 g/mol. The van der Waals surface area contributed by atoms with Crippen LogP contribution in [0.1, 0.15) is 0 Å². The highest BCUT2D eigenvalue weighted by Crippen LogP contribution is 2.52. The summed E-state index contributed by atoms with van der Waals surface area (Å²) < 4.78 is 67.0. The van der Waals surface area contributed by atoms with Crippen molar-refractivity contribution in [2.45, 2.75) is 15.3 Å². The molecule has 0 aromatic heterocycles. The van der Waals surface area contributed by atoms with Gasteiger partial charge in [0, 0.05) is 4.47 Å². The summed E-state index contributed by atoms with van der Waals surface area (Å²) in [5, 5.41) is 0. The van der Waals surface area contributed by atoms with E-state index in [1.54, 1.807) is 15.9 Å². The topological polar surface area (TPSA) is 26.3 Å². The van der Waals surface area contributed by atoms with Crippen LogP contribution in [-0.2, 0) is 4.79 Å². The Kier molecular flexibility index (Phi) is 6.54. The highest BCUT2D eigenvalue weighted by atomic mass is 79.9. The molecule has 1 rings (SSSR count). The smallest absolute Gasteiger partial charge is 0.393 e. The Morgan fingerprint density at radius 3 is 1.73 bits per heavy atom. The van der Waals surface area contributed by atoms with Crippen LogP contribution in [0.4, 0.5) is 22.0 Å². The molecule has 2 nitrogen and oxygen atoms in total. The molecule has 22 heavy (non-hydrogen) atoms. The van der Waals surface area contributed by atoms with Crippen LogP contribution < -0.4 is 4.74 Å². The van der Waals surface area contributed by atoms with Crippen LogP contribution in [0.15, 0.2) is 25.6 Å². The fourth-order valence-corrected chi connectivity index (χ4v) is 3.92. The van der Waals surface area contributed by atoms with Gasteiger partial charge in [0.05, 0.1) is 8.95 Å². The second-order valence-corrected chi connectivity index (χ2v) is 8.45. The third kappa shape index (κ3) is 4.04. The zero-order valence-electron chi connectivity index (χ0n) is 9.75. The number of benzene rings is 1. The van der Waals surface area contributed by atoms with E-state index >= 15 is 0 Å². The number of alkyl halides is 7. The van der Waals surface area contributed by atoms with Crippen molar-refractivity contribution < 1.29 is 31.5 Å². The summed E-state index contributed by atoms with van der Waals surface area (Å²) >= 11 is 12.0. The first-order valence-corrected chi connectivity index (χ1v) is 8.87. The van der Waals surface area contributed by atoms with E-state index in [0.717, 1.165) is 0 Å². The Hall–Kier alpha value is 0.740. The minimum absolute atomic E-state index is 0.0579. The van der Waals surface area contributed by atoms with E-state index in [-0.39, 0.29) is 8.95 Å². The van der Waals surface area contributed by atoms with E-state index in [0.29, 0.717) is 4.47 Å². The molecule has 1 atom stereocenters. The van der Waals surface area contributed by atoms with E-state index < -0.39 is 27.1 Å². The van der Waals surface area contributed by atoms with Gasteiger partial charge in [-0.05, 0) is 75.9 Å². The van der Waals surface area contributed by atoms with Gasteiger partial charge in [0.15, 0.2) is 5.75 Å². The maximum absolute atomic E-state index is 13.7. The van der Waals surface area contributed by atoms with Gasteiger partial charge in [-0.25, -0.2) is 9.18 Å². The molecule has 1 aromatic carbocycles. The number of halogens is 10. The number of esters is 1. The number of carbonyl (C=O) groups excluding carboxylic acids is 1. The Labute approximate surface area is 162 Å². The van der Waals surface area contributed by atoms with E-state index in [1.165, 1.54) is 28.1 Å². The van der Waals surface area contributed by atoms with E-state index in [2.05, 4.69) is 52.5 Å². The Morgan fingerprint density at radius 1 is 0.955 bits per heavy atom. The summed E-state index contributed by atoms with van der Waals surface area (Å²) in [5.74, 6) is -8.12. The number of hydrogen-bond acceptors (Lipinski definition) is 2. The highest BCUT2D eigenvalue weighted by Gasteiger charge is 2.72. The third-order valence-corrected chi connectivity index (χ3v) is 5.87. The number of hydrogen-bond donors (Lipinski definition) is 0. The van der Waals surface area contributed by atoms with Gasteiger partial charge < -0.3 is 4.74 Å². The molecular formula is C10H2Br5F5O2. The molecule has 0 fully saturated rings. The van der Waals surface area contributed by atoms with Crippen LogP contribution in [0, 0.1) is 0 Å². The van der Waals surface area contributed by atoms with Crippen LogP contribution in [0.25, 0.3) is 0 Å². The van der Waals surface area contributed by atoms with Gasteiger partial charge >= 0.3 is 21.3 Å². The minimum Gasteiger partial charge on any atom is -0.420 e. The van der Waals surface area contributed by atoms with Crippen molar-refractivity contribution in [3.8, 4) is 5.75 Å². The molecule has 0 bridgehead atoms. The maximum Gasteiger partial charge on any atom is 0.393 e. The van der Waals surface area contributed by atoms with Crippen molar-refractivity contribution in [1.29, 1.82) is 0 Å². The summed E-state index contributed by atoms with van der Waals surface area (Å²) in [6.45, 7) is 0. The summed E-state index contributed by atoms with van der Waals surface area (Å²) in [6, 6.07) is 2.70. The number of ether oxygens (including phenoxy) is 1.